The van der Waals surface area contributed by atoms with E-state index in [9.17, 15) is 0 Å². The highest BCUT2D eigenvalue weighted by molar-refractivity contribution is 6.88. The SMILES string of the molecule is Cc1ccc(C2CCCC2)cc1-c1c2ccc([Si](C)(C)C)cc2cc[n+]1C. The van der Waals surface area contributed by atoms with Gasteiger partial charge in [0.15, 0.2) is 6.20 Å². The third-order valence-electron chi connectivity index (χ3n) is 6.35. The van der Waals surface area contributed by atoms with Crippen molar-refractivity contribution in [3.63, 3.8) is 0 Å². The molecule has 1 aliphatic rings. The quantitative estimate of drug-likeness (QED) is 0.400. The van der Waals surface area contributed by atoms with Crippen LogP contribution in [0.4, 0.5) is 0 Å². The molecule has 0 amide bonds. The molecule has 0 aliphatic heterocycles. The van der Waals surface area contributed by atoms with E-state index in [-0.39, 0.29) is 0 Å². The highest BCUT2D eigenvalue weighted by Crippen LogP contribution is 2.37. The summed E-state index contributed by atoms with van der Waals surface area (Å²) >= 11 is 0. The van der Waals surface area contributed by atoms with Gasteiger partial charge in [0.25, 0.3) is 0 Å². The lowest BCUT2D eigenvalue weighted by Crippen LogP contribution is -2.37. The Kier molecular flexibility index (Phi) is 4.71. The predicted molar refractivity (Wildman–Crippen MR) is 119 cm³/mol. The number of fused-ring (bicyclic) bond motifs is 1. The van der Waals surface area contributed by atoms with Crippen molar-refractivity contribution < 1.29 is 4.57 Å². The van der Waals surface area contributed by atoms with Crippen LogP contribution in [0.3, 0.4) is 0 Å². The Morgan fingerprint density at radius 3 is 2.37 bits per heavy atom. The fraction of sp³-hybridized carbons (Fsp3) is 0.400. The second-order valence-electron chi connectivity index (χ2n) is 9.38. The lowest BCUT2D eigenvalue weighted by Gasteiger charge is -2.18. The Morgan fingerprint density at radius 1 is 0.926 bits per heavy atom. The van der Waals surface area contributed by atoms with E-state index >= 15 is 0 Å². The van der Waals surface area contributed by atoms with Crippen molar-refractivity contribution in [1.82, 2.24) is 0 Å². The van der Waals surface area contributed by atoms with Crippen molar-refractivity contribution in [3.05, 3.63) is 59.8 Å². The fourth-order valence-corrected chi connectivity index (χ4v) is 5.75. The number of aromatic nitrogens is 1. The molecule has 1 aliphatic carbocycles. The topological polar surface area (TPSA) is 3.88 Å². The van der Waals surface area contributed by atoms with E-state index in [0.717, 1.165) is 5.92 Å². The molecule has 0 atom stereocenters. The number of pyridine rings is 1. The highest BCUT2D eigenvalue weighted by Gasteiger charge is 2.23. The van der Waals surface area contributed by atoms with E-state index < -0.39 is 8.07 Å². The molecule has 27 heavy (non-hydrogen) atoms. The summed E-state index contributed by atoms with van der Waals surface area (Å²) in [6.07, 6.45) is 7.70. The number of hydrogen-bond acceptors (Lipinski definition) is 0. The monoisotopic (exact) mass is 374 g/mol. The number of benzene rings is 2. The van der Waals surface area contributed by atoms with Gasteiger partial charge in [-0.3, -0.25) is 0 Å². The zero-order chi connectivity index (χ0) is 19.2. The van der Waals surface area contributed by atoms with Crippen LogP contribution in [0, 0.1) is 6.92 Å². The standard InChI is InChI=1S/C25H32NSi/c1-18-10-11-20(19-8-6-7-9-19)17-24(18)25-23-13-12-22(27(3,4)5)16-21(23)14-15-26(25)2/h10-17,19H,6-9H2,1-5H3/q+1. The van der Waals surface area contributed by atoms with Crippen molar-refractivity contribution in [2.75, 3.05) is 0 Å². The summed E-state index contributed by atoms with van der Waals surface area (Å²) in [5, 5.41) is 4.27. The second-order valence-corrected chi connectivity index (χ2v) is 14.5. The third kappa shape index (κ3) is 3.48. The Bertz CT molecular complexity index is 991. The first-order valence-corrected chi connectivity index (χ1v) is 13.9. The van der Waals surface area contributed by atoms with Crippen LogP contribution in [-0.2, 0) is 7.05 Å². The molecule has 0 radical (unpaired) electrons. The Morgan fingerprint density at radius 2 is 1.67 bits per heavy atom. The van der Waals surface area contributed by atoms with Crippen LogP contribution >= 0.6 is 0 Å². The zero-order valence-corrected chi connectivity index (χ0v) is 18.5. The highest BCUT2D eigenvalue weighted by atomic mass is 28.3. The largest absolute Gasteiger partial charge is 0.220 e. The van der Waals surface area contributed by atoms with Crippen molar-refractivity contribution in [2.45, 2.75) is 58.2 Å². The van der Waals surface area contributed by atoms with Gasteiger partial charge in [-0.25, -0.2) is 4.57 Å². The van der Waals surface area contributed by atoms with Crippen molar-refractivity contribution in [2.24, 2.45) is 7.05 Å². The van der Waals surface area contributed by atoms with Crippen molar-refractivity contribution >= 4 is 24.0 Å². The molecule has 140 valence electrons. The van der Waals surface area contributed by atoms with Crippen LogP contribution in [0.2, 0.25) is 19.6 Å². The van der Waals surface area contributed by atoms with E-state index in [0.29, 0.717) is 0 Å². The predicted octanol–water partition coefficient (Wildman–Crippen LogP) is 5.84. The minimum atomic E-state index is -1.31. The molecular formula is C25H32NSi+. The zero-order valence-electron chi connectivity index (χ0n) is 17.5. The lowest BCUT2D eigenvalue weighted by atomic mass is 9.91. The van der Waals surface area contributed by atoms with Gasteiger partial charge in [-0.2, -0.15) is 0 Å². The Balaban J connectivity index is 1.90. The first-order chi connectivity index (χ1) is 12.8. The number of hydrogen-bond donors (Lipinski definition) is 0. The van der Waals surface area contributed by atoms with Gasteiger partial charge in [-0.05, 0) is 54.3 Å². The maximum Gasteiger partial charge on any atom is 0.220 e. The van der Waals surface area contributed by atoms with E-state index in [4.69, 9.17) is 0 Å². The molecule has 0 unspecified atom stereocenters. The minimum Gasteiger partial charge on any atom is -0.200 e. The van der Waals surface area contributed by atoms with Crippen LogP contribution in [0.5, 0.6) is 0 Å². The summed E-state index contributed by atoms with van der Waals surface area (Å²) in [5.41, 5.74) is 5.65. The Hall–Kier alpha value is -1.93. The van der Waals surface area contributed by atoms with Crippen LogP contribution in [0.1, 0.15) is 42.7 Å². The van der Waals surface area contributed by atoms with Crippen LogP contribution in [0.25, 0.3) is 22.0 Å². The first kappa shape index (κ1) is 18.4. The average Bonchev–Trinajstić information content (AvgIpc) is 3.16. The molecule has 0 spiro atoms. The van der Waals surface area contributed by atoms with Gasteiger partial charge >= 0.3 is 0 Å². The number of nitrogens with zero attached hydrogens (tertiary/aromatic N) is 1. The van der Waals surface area contributed by atoms with Crippen molar-refractivity contribution in [1.29, 1.82) is 0 Å². The Labute approximate surface area is 165 Å². The summed E-state index contributed by atoms with van der Waals surface area (Å²) in [7, 11) is 0.878. The van der Waals surface area contributed by atoms with E-state index in [1.807, 2.05) is 0 Å². The smallest absolute Gasteiger partial charge is 0.200 e. The molecule has 0 bridgehead atoms. The molecule has 4 rings (SSSR count). The molecule has 1 fully saturated rings. The molecular weight excluding hydrogens is 342 g/mol. The molecule has 2 heteroatoms. The molecule has 0 N–H and O–H groups in total. The summed E-state index contributed by atoms with van der Waals surface area (Å²) in [5.74, 6) is 0.753. The normalized spacial score (nSPS) is 15.6. The first-order valence-electron chi connectivity index (χ1n) is 10.4. The van der Waals surface area contributed by atoms with Crippen molar-refractivity contribution in [3.8, 4) is 11.3 Å². The van der Waals surface area contributed by atoms with Gasteiger partial charge in [0.05, 0.1) is 13.5 Å². The maximum atomic E-state index is 2.48. The average molecular weight is 375 g/mol. The van der Waals surface area contributed by atoms with Gasteiger partial charge in [-0.15, -0.1) is 0 Å². The van der Waals surface area contributed by atoms with E-state index in [1.54, 1.807) is 0 Å². The van der Waals surface area contributed by atoms with Crippen LogP contribution < -0.4 is 9.75 Å². The molecule has 1 heterocycles. The lowest BCUT2D eigenvalue weighted by molar-refractivity contribution is -0.659. The van der Waals surface area contributed by atoms with Gasteiger partial charge < -0.3 is 0 Å². The second kappa shape index (κ2) is 6.90. The van der Waals surface area contributed by atoms with Crippen LogP contribution in [-0.4, -0.2) is 8.07 Å². The number of rotatable bonds is 3. The number of aryl methyl sites for hydroxylation is 2. The van der Waals surface area contributed by atoms with E-state index in [1.165, 1.54) is 64.0 Å². The fourth-order valence-electron chi connectivity index (χ4n) is 4.58. The maximum absolute atomic E-state index is 2.48. The summed E-state index contributed by atoms with van der Waals surface area (Å²) in [4.78, 5) is 0. The van der Waals surface area contributed by atoms with E-state index in [2.05, 4.69) is 86.8 Å². The van der Waals surface area contributed by atoms with Gasteiger partial charge in [0, 0.05) is 11.6 Å². The van der Waals surface area contributed by atoms with Gasteiger partial charge in [0.1, 0.15) is 7.05 Å². The molecule has 1 nitrogen and oxygen atoms in total. The van der Waals surface area contributed by atoms with Gasteiger partial charge in [-0.1, -0.05) is 61.9 Å². The molecule has 3 aromatic rings. The minimum absolute atomic E-state index is 0.753. The summed E-state index contributed by atoms with van der Waals surface area (Å²) in [6.45, 7) is 9.52. The van der Waals surface area contributed by atoms with Gasteiger partial charge in [0.2, 0.25) is 5.69 Å². The van der Waals surface area contributed by atoms with Crippen LogP contribution in [0.15, 0.2) is 48.7 Å². The summed E-state index contributed by atoms with van der Waals surface area (Å²) < 4.78 is 2.30. The molecule has 0 saturated heterocycles. The third-order valence-corrected chi connectivity index (χ3v) is 8.39. The summed E-state index contributed by atoms with van der Waals surface area (Å²) in [6, 6.07) is 16.6. The molecule has 1 saturated carbocycles. The molecule has 1 aromatic heterocycles. The molecule has 2 aromatic carbocycles.